The molecule has 21 heavy (non-hydrogen) atoms. The molecule has 2 rings (SSSR count). The quantitative estimate of drug-likeness (QED) is 0.742. The Bertz CT molecular complexity index is 428. The molecule has 1 aromatic rings. The van der Waals surface area contributed by atoms with E-state index in [0.717, 1.165) is 37.8 Å². The summed E-state index contributed by atoms with van der Waals surface area (Å²) in [4.78, 5) is 12.3. The number of carbonyl (C=O) groups is 1. The molecule has 1 saturated carbocycles. The number of nitrogens with two attached hydrogens (primary N) is 1. The number of amides is 1. The van der Waals surface area contributed by atoms with Gasteiger partial charge in [-0.15, -0.1) is 0 Å². The van der Waals surface area contributed by atoms with Gasteiger partial charge in [-0.2, -0.15) is 0 Å². The van der Waals surface area contributed by atoms with Crippen LogP contribution in [0.1, 0.15) is 31.2 Å². The fraction of sp³-hybridized carbons (Fsp3) is 0.588. The van der Waals surface area contributed by atoms with Crippen LogP contribution in [0.5, 0.6) is 0 Å². The summed E-state index contributed by atoms with van der Waals surface area (Å²) < 4.78 is 0. The Labute approximate surface area is 126 Å². The van der Waals surface area contributed by atoms with Gasteiger partial charge in [-0.25, -0.2) is 0 Å². The van der Waals surface area contributed by atoms with Gasteiger partial charge in [0.1, 0.15) is 0 Å². The normalized spacial score (nSPS) is 23.5. The van der Waals surface area contributed by atoms with Gasteiger partial charge in [-0.3, -0.25) is 4.79 Å². The summed E-state index contributed by atoms with van der Waals surface area (Å²) in [5.41, 5.74) is 6.81. The van der Waals surface area contributed by atoms with Crippen molar-refractivity contribution in [3.63, 3.8) is 0 Å². The summed E-state index contributed by atoms with van der Waals surface area (Å²) >= 11 is 0. The molecule has 1 fully saturated rings. The summed E-state index contributed by atoms with van der Waals surface area (Å²) in [6.45, 7) is 0.695. The minimum atomic E-state index is -0.202. The van der Waals surface area contributed by atoms with Gasteiger partial charge in [0.2, 0.25) is 5.91 Å². The van der Waals surface area contributed by atoms with E-state index >= 15 is 0 Å². The van der Waals surface area contributed by atoms with E-state index in [1.807, 2.05) is 30.3 Å². The second-order valence-corrected chi connectivity index (χ2v) is 6.03. The van der Waals surface area contributed by atoms with E-state index in [1.54, 1.807) is 0 Å². The lowest BCUT2D eigenvalue weighted by Gasteiger charge is -2.28. The van der Waals surface area contributed by atoms with Gasteiger partial charge in [0.15, 0.2) is 0 Å². The van der Waals surface area contributed by atoms with E-state index < -0.39 is 0 Å². The third-order valence-corrected chi connectivity index (χ3v) is 4.44. The van der Waals surface area contributed by atoms with Gasteiger partial charge in [-0.05, 0) is 50.1 Å². The fourth-order valence-electron chi connectivity index (χ4n) is 3.04. The summed E-state index contributed by atoms with van der Waals surface area (Å²) in [6, 6.07) is 9.74. The van der Waals surface area contributed by atoms with Gasteiger partial charge < -0.3 is 16.2 Å². The van der Waals surface area contributed by atoms with Crippen LogP contribution in [0.4, 0.5) is 0 Å². The lowest BCUT2D eigenvalue weighted by atomic mass is 9.81. The summed E-state index contributed by atoms with van der Waals surface area (Å²) in [5.74, 6) is 0.741. The average molecular weight is 290 g/mol. The molecule has 0 bridgehead atoms. The molecular formula is C17H26N2O2. The molecule has 0 unspecified atom stereocenters. The van der Waals surface area contributed by atoms with Crippen LogP contribution in [0.3, 0.4) is 0 Å². The molecule has 1 aliphatic rings. The number of nitrogens with one attached hydrogen (secondary N) is 1. The Morgan fingerprint density at radius 3 is 2.48 bits per heavy atom. The molecule has 1 aliphatic carbocycles. The standard InChI is InChI=1S/C17H26N2O2/c18-11-14-6-8-15(9-7-14)17(21)19-16(12-20)10-13-4-2-1-3-5-13/h1-5,14-16,20H,6-12,18H2,(H,19,21)/t14?,15?,16-/m0/s1. The molecule has 1 atom stereocenters. The zero-order valence-electron chi connectivity index (χ0n) is 12.5. The Hall–Kier alpha value is -1.39. The highest BCUT2D eigenvalue weighted by molar-refractivity contribution is 5.79. The van der Waals surface area contributed by atoms with Crippen molar-refractivity contribution in [2.24, 2.45) is 17.6 Å². The van der Waals surface area contributed by atoms with Crippen molar-refractivity contribution in [3.05, 3.63) is 35.9 Å². The molecule has 0 saturated heterocycles. The van der Waals surface area contributed by atoms with Gasteiger partial charge in [-0.1, -0.05) is 30.3 Å². The molecule has 0 spiro atoms. The van der Waals surface area contributed by atoms with E-state index in [9.17, 15) is 9.90 Å². The van der Waals surface area contributed by atoms with E-state index in [-0.39, 0.29) is 24.5 Å². The largest absolute Gasteiger partial charge is 0.394 e. The first-order chi connectivity index (χ1) is 10.2. The molecule has 0 heterocycles. The lowest BCUT2D eigenvalue weighted by molar-refractivity contribution is -0.127. The minimum absolute atomic E-state index is 0.0290. The second kappa shape index (κ2) is 8.15. The van der Waals surface area contributed by atoms with Crippen molar-refractivity contribution in [1.29, 1.82) is 0 Å². The molecule has 0 aliphatic heterocycles. The third kappa shape index (κ3) is 4.83. The lowest BCUT2D eigenvalue weighted by Crippen LogP contribution is -2.43. The van der Waals surface area contributed by atoms with Gasteiger partial charge in [0.25, 0.3) is 0 Å². The fourth-order valence-corrected chi connectivity index (χ4v) is 3.04. The molecule has 116 valence electrons. The van der Waals surface area contributed by atoms with E-state index in [1.165, 1.54) is 0 Å². The van der Waals surface area contributed by atoms with Crippen LogP contribution in [0.25, 0.3) is 0 Å². The van der Waals surface area contributed by atoms with E-state index in [2.05, 4.69) is 5.32 Å². The molecule has 1 amide bonds. The van der Waals surface area contributed by atoms with E-state index in [4.69, 9.17) is 5.73 Å². The first-order valence-electron chi connectivity index (χ1n) is 7.88. The summed E-state index contributed by atoms with van der Waals surface area (Å²) in [5, 5.41) is 12.5. The molecule has 1 aromatic carbocycles. The Balaban J connectivity index is 1.82. The number of carbonyl (C=O) groups excluding carboxylic acids is 1. The molecule has 4 heteroatoms. The van der Waals surface area contributed by atoms with Gasteiger partial charge in [0, 0.05) is 5.92 Å². The smallest absolute Gasteiger partial charge is 0.223 e. The Morgan fingerprint density at radius 1 is 1.24 bits per heavy atom. The number of aliphatic hydroxyl groups excluding tert-OH is 1. The predicted molar refractivity (Wildman–Crippen MR) is 83.7 cm³/mol. The molecule has 4 N–H and O–H groups in total. The molecular weight excluding hydrogens is 264 g/mol. The SMILES string of the molecule is NCC1CCC(C(=O)N[C@H](CO)Cc2ccccc2)CC1. The van der Waals surface area contributed by atoms with Crippen LogP contribution in [0.2, 0.25) is 0 Å². The van der Waals surface area contributed by atoms with Crippen molar-refractivity contribution in [2.45, 2.75) is 38.1 Å². The van der Waals surface area contributed by atoms with Crippen LogP contribution in [-0.4, -0.2) is 30.2 Å². The van der Waals surface area contributed by atoms with Crippen LogP contribution in [-0.2, 0) is 11.2 Å². The summed E-state index contributed by atoms with van der Waals surface area (Å²) in [6.07, 6.45) is 4.57. The molecule has 4 nitrogen and oxygen atoms in total. The Morgan fingerprint density at radius 2 is 1.90 bits per heavy atom. The second-order valence-electron chi connectivity index (χ2n) is 6.03. The van der Waals surface area contributed by atoms with Crippen molar-refractivity contribution >= 4 is 5.91 Å². The maximum Gasteiger partial charge on any atom is 0.223 e. The highest BCUT2D eigenvalue weighted by Gasteiger charge is 2.26. The van der Waals surface area contributed by atoms with Crippen LogP contribution < -0.4 is 11.1 Å². The predicted octanol–water partition coefficient (Wildman–Crippen LogP) is 1.47. The molecule has 0 aromatic heterocycles. The summed E-state index contributed by atoms with van der Waals surface area (Å²) in [7, 11) is 0. The van der Waals surface area contributed by atoms with Crippen molar-refractivity contribution < 1.29 is 9.90 Å². The number of aliphatic hydroxyl groups is 1. The highest BCUT2D eigenvalue weighted by atomic mass is 16.3. The minimum Gasteiger partial charge on any atom is -0.394 e. The van der Waals surface area contributed by atoms with Crippen LogP contribution >= 0.6 is 0 Å². The zero-order valence-corrected chi connectivity index (χ0v) is 12.5. The first kappa shape index (κ1) is 16.0. The van der Waals surface area contributed by atoms with Crippen molar-refractivity contribution in [3.8, 4) is 0 Å². The molecule has 0 radical (unpaired) electrons. The van der Waals surface area contributed by atoms with Gasteiger partial charge in [0.05, 0.1) is 12.6 Å². The number of hydrogen-bond acceptors (Lipinski definition) is 3. The van der Waals surface area contributed by atoms with Crippen LogP contribution in [0.15, 0.2) is 30.3 Å². The zero-order chi connectivity index (χ0) is 15.1. The highest BCUT2D eigenvalue weighted by Crippen LogP contribution is 2.28. The van der Waals surface area contributed by atoms with Gasteiger partial charge >= 0.3 is 0 Å². The van der Waals surface area contributed by atoms with E-state index in [0.29, 0.717) is 12.3 Å². The number of hydrogen-bond donors (Lipinski definition) is 3. The first-order valence-corrected chi connectivity index (χ1v) is 7.88. The van der Waals surface area contributed by atoms with Crippen LogP contribution in [0, 0.1) is 11.8 Å². The average Bonchev–Trinajstić information content (AvgIpc) is 2.55. The third-order valence-electron chi connectivity index (χ3n) is 4.44. The maximum absolute atomic E-state index is 12.3. The van der Waals surface area contributed by atoms with Crippen molar-refractivity contribution in [1.82, 2.24) is 5.32 Å². The number of benzene rings is 1. The maximum atomic E-state index is 12.3. The van der Waals surface area contributed by atoms with Crippen molar-refractivity contribution in [2.75, 3.05) is 13.2 Å². The topological polar surface area (TPSA) is 75.4 Å². The monoisotopic (exact) mass is 290 g/mol. The Kier molecular flexibility index (Phi) is 6.21. The number of rotatable bonds is 6.